The predicted molar refractivity (Wildman–Crippen MR) is 84.4 cm³/mol. The molecule has 0 spiro atoms. The summed E-state index contributed by atoms with van der Waals surface area (Å²) in [6.07, 6.45) is 7.26. The summed E-state index contributed by atoms with van der Waals surface area (Å²) in [5.41, 5.74) is 0.823. The lowest BCUT2D eigenvalue weighted by Crippen LogP contribution is -2.57. The summed E-state index contributed by atoms with van der Waals surface area (Å²) in [5, 5.41) is 7.28. The topological polar surface area (TPSA) is 88.8 Å². The Labute approximate surface area is 138 Å². The van der Waals surface area contributed by atoms with Crippen molar-refractivity contribution in [3.63, 3.8) is 0 Å². The summed E-state index contributed by atoms with van der Waals surface area (Å²) in [7, 11) is 0. The molecule has 2 fully saturated rings. The fourth-order valence-electron chi connectivity index (χ4n) is 3.83. The lowest BCUT2D eigenvalue weighted by Gasteiger charge is -2.38. The number of nitrogens with zero attached hydrogens (tertiary/aromatic N) is 4. The number of hydrogen-bond acceptors (Lipinski definition) is 5. The van der Waals surface area contributed by atoms with Crippen molar-refractivity contribution in [3.05, 3.63) is 30.4 Å². The number of ether oxygens (including phenoxy) is 1. The molecule has 2 aliphatic heterocycles. The molecule has 2 saturated heterocycles. The molecule has 1 N–H and O–H groups in total. The Morgan fingerprint density at radius 3 is 3.12 bits per heavy atom. The highest BCUT2D eigenvalue weighted by atomic mass is 16.5. The average molecular weight is 329 g/mol. The summed E-state index contributed by atoms with van der Waals surface area (Å²) in [4.78, 5) is 30.5. The molecule has 4 rings (SSSR count). The van der Waals surface area contributed by atoms with Gasteiger partial charge in [-0.2, -0.15) is 5.10 Å². The number of carbonyl (C=O) groups excluding carboxylic acids is 2. The molecule has 2 amide bonds. The van der Waals surface area contributed by atoms with Gasteiger partial charge in [0.05, 0.1) is 35.6 Å². The van der Waals surface area contributed by atoms with Crippen LogP contribution < -0.4 is 5.32 Å². The molecule has 0 radical (unpaired) electrons. The fraction of sp³-hybridized carbons (Fsp3) is 0.500. The molecule has 8 nitrogen and oxygen atoms in total. The summed E-state index contributed by atoms with van der Waals surface area (Å²) in [5.74, 6) is -0.0485. The highest BCUT2D eigenvalue weighted by molar-refractivity contribution is 6.00. The van der Waals surface area contributed by atoms with Gasteiger partial charge in [-0.15, -0.1) is 0 Å². The van der Waals surface area contributed by atoms with Crippen LogP contribution in [0.3, 0.4) is 0 Å². The van der Waals surface area contributed by atoms with Crippen LogP contribution in [-0.4, -0.2) is 63.2 Å². The van der Waals surface area contributed by atoms with Crippen LogP contribution in [0.15, 0.2) is 24.8 Å². The van der Waals surface area contributed by atoms with E-state index < -0.39 is 0 Å². The highest BCUT2D eigenvalue weighted by Gasteiger charge is 2.50. The first-order valence-corrected chi connectivity index (χ1v) is 8.02. The van der Waals surface area contributed by atoms with Crippen LogP contribution in [0, 0.1) is 5.92 Å². The van der Waals surface area contributed by atoms with E-state index in [1.165, 1.54) is 6.92 Å². The zero-order valence-electron chi connectivity index (χ0n) is 13.4. The van der Waals surface area contributed by atoms with E-state index in [0.29, 0.717) is 37.4 Å². The molecule has 4 heterocycles. The van der Waals surface area contributed by atoms with Crippen LogP contribution in [-0.2, 0) is 9.53 Å². The molecule has 0 aromatic carbocycles. The van der Waals surface area contributed by atoms with Crippen LogP contribution >= 0.6 is 0 Å². The van der Waals surface area contributed by atoms with Gasteiger partial charge in [-0.25, -0.2) is 4.52 Å². The van der Waals surface area contributed by atoms with Crippen LogP contribution in [0.25, 0.3) is 5.52 Å². The number of hydrogen-bond donors (Lipinski definition) is 1. The maximum absolute atomic E-state index is 13.0. The van der Waals surface area contributed by atoms with Crippen molar-refractivity contribution in [3.8, 4) is 0 Å². The van der Waals surface area contributed by atoms with Crippen molar-refractivity contribution >= 4 is 17.3 Å². The van der Waals surface area contributed by atoms with E-state index >= 15 is 0 Å². The molecule has 24 heavy (non-hydrogen) atoms. The lowest BCUT2D eigenvalue weighted by atomic mass is 9.83. The van der Waals surface area contributed by atoms with Crippen LogP contribution in [0.1, 0.15) is 23.7 Å². The molecule has 2 atom stereocenters. The van der Waals surface area contributed by atoms with Crippen LogP contribution in [0.5, 0.6) is 0 Å². The number of fused-ring (bicyclic) bond motifs is 2. The third-order valence-corrected chi connectivity index (χ3v) is 4.97. The molecule has 0 saturated carbocycles. The number of likely N-dealkylation sites (tertiary alicyclic amines) is 1. The molecule has 2 aromatic heterocycles. The van der Waals surface area contributed by atoms with Crippen LogP contribution in [0.2, 0.25) is 0 Å². The van der Waals surface area contributed by atoms with E-state index in [1.807, 2.05) is 0 Å². The third kappa shape index (κ3) is 2.34. The first kappa shape index (κ1) is 15.1. The van der Waals surface area contributed by atoms with Crippen LogP contribution in [0.4, 0.5) is 0 Å². The summed E-state index contributed by atoms with van der Waals surface area (Å²) in [6, 6.07) is 0. The fourth-order valence-corrected chi connectivity index (χ4v) is 3.83. The summed E-state index contributed by atoms with van der Waals surface area (Å²) < 4.78 is 7.20. The second-order valence-electron chi connectivity index (χ2n) is 6.51. The number of aromatic nitrogens is 3. The third-order valence-electron chi connectivity index (χ3n) is 4.97. The Balaban J connectivity index is 1.63. The standard InChI is InChI=1S/C16H19N5O3/c1-11(22)19-16-2-5-24-9-12(16)8-20(10-16)15(23)13-6-18-21-4-3-17-7-14(13)21/h3-4,6-7,12H,2,5,8-10H2,1H3,(H,19,22). The minimum atomic E-state index is -0.388. The maximum atomic E-state index is 13.0. The largest absolute Gasteiger partial charge is 0.381 e. The van der Waals surface area contributed by atoms with Crippen molar-refractivity contribution in [1.29, 1.82) is 0 Å². The van der Waals surface area contributed by atoms with E-state index in [-0.39, 0.29) is 23.3 Å². The summed E-state index contributed by atoms with van der Waals surface area (Å²) >= 11 is 0. The predicted octanol–water partition coefficient (Wildman–Crippen LogP) is 0.0965. The average Bonchev–Trinajstić information content (AvgIpc) is 3.14. The Morgan fingerprint density at radius 1 is 1.42 bits per heavy atom. The molecule has 2 aliphatic rings. The van der Waals surface area contributed by atoms with Gasteiger partial charge < -0.3 is 15.0 Å². The van der Waals surface area contributed by atoms with Crippen molar-refractivity contribution in [2.75, 3.05) is 26.3 Å². The SMILES string of the molecule is CC(=O)NC12CCOCC1CN(C(=O)c1cnn3ccncc13)C2. The van der Waals surface area contributed by atoms with Gasteiger partial charge >= 0.3 is 0 Å². The maximum Gasteiger partial charge on any atom is 0.257 e. The van der Waals surface area contributed by atoms with Gasteiger partial charge in [0.2, 0.25) is 5.91 Å². The highest BCUT2D eigenvalue weighted by Crippen LogP contribution is 2.35. The molecule has 2 unspecified atom stereocenters. The first-order chi connectivity index (χ1) is 11.6. The zero-order valence-corrected chi connectivity index (χ0v) is 13.4. The lowest BCUT2D eigenvalue weighted by molar-refractivity contribution is -0.122. The van der Waals surface area contributed by atoms with Gasteiger partial charge in [0.25, 0.3) is 5.91 Å². The minimum absolute atomic E-state index is 0.0728. The van der Waals surface area contributed by atoms with E-state index in [4.69, 9.17) is 4.74 Å². The first-order valence-electron chi connectivity index (χ1n) is 8.02. The molecule has 0 aliphatic carbocycles. The quantitative estimate of drug-likeness (QED) is 0.844. The van der Waals surface area contributed by atoms with Gasteiger partial charge in [-0.1, -0.05) is 0 Å². The number of nitrogens with one attached hydrogen (secondary N) is 1. The molecular weight excluding hydrogens is 310 g/mol. The molecule has 8 heteroatoms. The van der Waals surface area contributed by atoms with Crippen molar-refractivity contribution in [1.82, 2.24) is 24.8 Å². The van der Waals surface area contributed by atoms with Gasteiger partial charge in [0, 0.05) is 44.9 Å². The number of amides is 2. The van der Waals surface area contributed by atoms with E-state index in [0.717, 1.165) is 6.42 Å². The smallest absolute Gasteiger partial charge is 0.257 e. The number of rotatable bonds is 2. The minimum Gasteiger partial charge on any atom is -0.381 e. The Kier molecular flexibility index (Phi) is 3.49. The summed E-state index contributed by atoms with van der Waals surface area (Å²) in [6.45, 7) is 3.73. The second-order valence-corrected chi connectivity index (χ2v) is 6.51. The molecule has 0 bridgehead atoms. The second kappa shape index (κ2) is 5.55. The van der Waals surface area contributed by atoms with Crippen molar-refractivity contribution < 1.29 is 14.3 Å². The van der Waals surface area contributed by atoms with Gasteiger partial charge in [-0.05, 0) is 6.42 Å². The Morgan fingerprint density at radius 2 is 2.29 bits per heavy atom. The normalized spacial score (nSPS) is 26.4. The van der Waals surface area contributed by atoms with E-state index in [1.54, 1.807) is 34.2 Å². The van der Waals surface area contributed by atoms with Gasteiger partial charge in [0.15, 0.2) is 0 Å². The Hall–Kier alpha value is -2.48. The van der Waals surface area contributed by atoms with E-state index in [2.05, 4.69) is 15.4 Å². The van der Waals surface area contributed by atoms with Gasteiger partial charge in [-0.3, -0.25) is 14.6 Å². The number of carbonyl (C=O) groups is 2. The zero-order chi connectivity index (χ0) is 16.7. The van der Waals surface area contributed by atoms with Crippen molar-refractivity contribution in [2.24, 2.45) is 5.92 Å². The van der Waals surface area contributed by atoms with Gasteiger partial charge in [0.1, 0.15) is 0 Å². The molecule has 126 valence electrons. The van der Waals surface area contributed by atoms with Crippen molar-refractivity contribution in [2.45, 2.75) is 18.9 Å². The molecule has 2 aromatic rings. The Bertz CT molecular complexity index is 804. The monoisotopic (exact) mass is 329 g/mol. The van der Waals surface area contributed by atoms with E-state index in [9.17, 15) is 9.59 Å². The molecular formula is C16H19N5O3.